The number of nitrogens with zero attached hydrogens (tertiary/aromatic N) is 4. The molecule has 27 heavy (non-hydrogen) atoms. The van der Waals surface area contributed by atoms with Crippen LogP contribution in [0.1, 0.15) is 18.2 Å². The van der Waals surface area contributed by atoms with Gasteiger partial charge in [-0.1, -0.05) is 0 Å². The van der Waals surface area contributed by atoms with E-state index in [1.165, 1.54) is 23.5 Å². The van der Waals surface area contributed by atoms with Gasteiger partial charge in [-0.2, -0.15) is 5.10 Å². The minimum atomic E-state index is -0.461. The highest BCUT2D eigenvalue weighted by molar-refractivity contribution is 7.13. The molecule has 2 aromatic rings. The molecule has 0 aliphatic carbocycles. The van der Waals surface area contributed by atoms with Crippen molar-refractivity contribution in [2.75, 3.05) is 31.2 Å². The molecule has 0 saturated carbocycles. The van der Waals surface area contributed by atoms with Gasteiger partial charge in [0.25, 0.3) is 5.69 Å². The first-order valence-electron chi connectivity index (χ1n) is 8.38. The number of hydrogen-bond acceptors (Lipinski definition) is 8. The number of benzene rings is 1. The lowest BCUT2D eigenvalue weighted by Crippen LogP contribution is -2.36. The Balaban J connectivity index is 1.55. The summed E-state index contributed by atoms with van der Waals surface area (Å²) in [6.07, 6.45) is 0.137. The Morgan fingerprint density at radius 1 is 1.37 bits per heavy atom. The Morgan fingerprint density at radius 3 is 2.74 bits per heavy atom. The summed E-state index contributed by atoms with van der Waals surface area (Å²) in [5, 5.41) is 17.5. The molecule has 0 atom stereocenters. The summed E-state index contributed by atoms with van der Waals surface area (Å²) in [6, 6.07) is 5.99. The van der Waals surface area contributed by atoms with E-state index in [1.807, 2.05) is 5.38 Å². The second-order valence-electron chi connectivity index (χ2n) is 5.93. The molecule has 1 aliphatic rings. The fraction of sp³-hybridized carbons (Fsp3) is 0.353. The number of aromatic nitrogens is 1. The van der Waals surface area contributed by atoms with Gasteiger partial charge in [-0.25, -0.2) is 10.4 Å². The maximum absolute atomic E-state index is 12.1. The van der Waals surface area contributed by atoms with Crippen molar-refractivity contribution in [2.24, 2.45) is 5.10 Å². The van der Waals surface area contributed by atoms with E-state index >= 15 is 0 Å². The largest absolute Gasteiger partial charge is 0.378 e. The van der Waals surface area contributed by atoms with Crippen molar-refractivity contribution in [3.8, 4) is 0 Å². The highest BCUT2D eigenvalue weighted by Crippen LogP contribution is 2.21. The smallest absolute Gasteiger partial charge is 0.269 e. The number of non-ortho nitro benzene ring substituents is 1. The summed E-state index contributed by atoms with van der Waals surface area (Å²) >= 11 is 1.51. The Morgan fingerprint density at radius 2 is 2.07 bits per heavy atom. The minimum absolute atomic E-state index is 0.00944. The van der Waals surface area contributed by atoms with E-state index in [1.54, 1.807) is 19.1 Å². The third-order valence-electron chi connectivity index (χ3n) is 4.01. The second-order valence-corrected chi connectivity index (χ2v) is 6.77. The molecule has 2 heterocycles. The van der Waals surface area contributed by atoms with Gasteiger partial charge >= 0.3 is 0 Å². The standard InChI is InChI=1S/C17H19N5O4S/c1-12(13-2-4-15(5-3-13)22(24)25)19-20-16(23)10-14-11-27-17(18-14)21-6-8-26-9-7-21/h2-5,11H,6-10H2,1H3,(H,20,23)/b19-12-. The highest BCUT2D eigenvalue weighted by Gasteiger charge is 2.15. The number of carbonyl (C=O) groups excluding carboxylic acids is 1. The molecule has 0 unspecified atom stereocenters. The third kappa shape index (κ3) is 5.08. The predicted octanol–water partition coefficient (Wildman–Crippen LogP) is 1.97. The number of ether oxygens (including phenoxy) is 1. The van der Waals surface area contributed by atoms with Crippen LogP contribution < -0.4 is 10.3 Å². The average Bonchev–Trinajstić information content (AvgIpc) is 3.15. The molecule has 142 valence electrons. The lowest BCUT2D eigenvalue weighted by atomic mass is 10.1. The van der Waals surface area contributed by atoms with E-state index in [2.05, 4.69) is 20.4 Å². The zero-order chi connectivity index (χ0) is 19.2. The summed E-state index contributed by atoms with van der Waals surface area (Å²) in [6.45, 7) is 4.70. The fourth-order valence-electron chi connectivity index (χ4n) is 2.52. The minimum Gasteiger partial charge on any atom is -0.378 e. The molecule has 1 aromatic heterocycles. The fourth-order valence-corrected chi connectivity index (χ4v) is 3.40. The Kier molecular flexibility index (Phi) is 6.09. The van der Waals surface area contributed by atoms with Crippen LogP contribution in [0.4, 0.5) is 10.8 Å². The Labute approximate surface area is 159 Å². The summed E-state index contributed by atoms with van der Waals surface area (Å²) in [7, 11) is 0. The molecule has 0 bridgehead atoms. The number of morpholine rings is 1. The van der Waals surface area contributed by atoms with Crippen LogP contribution in [0.15, 0.2) is 34.7 Å². The predicted molar refractivity (Wildman–Crippen MR) is 102 cm³/mol. The van der Waals surface area contributed by atoms with Crippen LogP contribution in [-0.2, 0) is 16.0 Å². The van der Waals surface area contributed by atoms with Crippen LogP contribution in [0.2, 0.25) is 0 Å². The molecule has 9 nitrogen and oxygen atoms in total. The first-order chi connectivity index (χ1) is 13.0. The Hall–Kier alpha value is -2.85. The van der Waals surface area contributed by atoms with Gasteiger partial charge in [-0.15, -0.1) is 11.3 Å². The maximum atomic E-state index is 12.1. The van der Waals surface area contributed by atoms with Crippen molar-refractivity contribution in [2.45, 2.75) is 13.3 Å². The molecule has 1 aromatic carbocycles. The van der Waals surface area contributed by atoms with Crippen LogP contribution in [0, 0.1) is 10.1 Å². The van der Waals surface area contributed by atoms with Crippen LogP contribution >= 0.6 is 11.3 Å². The number of nitro groups is 1. The molecule has 0 radical (unpaired) electrons. The number of hydrazone groups is 1. The number of nitro benzene ring substituents is 1. The number of carbonyl (C=O) groups is 1. The number of thiazole rings is 1. The van der Waals surface area contributed by atoms with Gasteiger partial charge in [0.15, 0.2) is 5.13 Å². The normalized spacial score (nSPS) is 14.9. The lowest BCUT2D eigenvalue weighted by Gasteiger charge is -2.26. The SMILES string of the molecule is C/C(=N/NC(=O)Cc1csc(N2CCOCC2)n1)c1ccc([N+](=O)[O-])cc1. The number of anilines is 1. The zero-order valence-corrected chi connectivity index (χ0v) is 15.6. The van der Waals surface area contributed by atoms with Gasteiger partial charge in [0.2, 0.25) is 5.91 Å². The van der Waals surface area contributed by atoms with E-state index in [4.69, 9.17) is 4.74 Å². The van der Waals surface area contributed by atoms with E-state index < -0.39 is 4.92 Å². The molecular weight excluding hydrogens is 370 g/mol. The third-order valence-corrected chi connectivity index (χ3v) is 4.96. The van der Waals surface area contributed by atoms with Crippen molar-refractivity contribution < 1.29 is 14.5 Å². The number of rotatable bonds is 6. The summed E-state index contributed by atoms with van der Waals surface area (Å²) in [5.41, 5.74) is 4.47. The molecule has 1 fully saturated rings. The number of nitrogens with one attached hydrogen (secondary N) is 1. The van der Waals surface area contributed by atoms with Gasteiger partial charge in [-0.05, 0) is 24.6 Å². The average molecular weight is 389 g/mol. The Bertz CT molecular complexity index is 843. The van der Waals surface area contributed by atoms with Gasteiger partial charge < -0.3 is 9.64 Å². The second kappa shape index (κ2) is 8.69. The van der Waals surface area contributed by atoms with Crippen LogP contribution in [-0.4, -0.2) is 47.8 Å². The summed E-state index contributed by atoms with van der Waals surface area (Å²) < 4.78 is 5.32. The van der Waals surface area contributed by atoms with Crippen LogP contribution in [0.25, 0.3) is 0 Å². The monoisotopic (exact) mass is 389 g/mol. The van der Waals surface area contributed by atoms with Gasteiger partial charge in [-0.3, -0.25) is 14.9 Å². The first-order valence-corrected chi connectivity index (χ1v) is 9.26. The van der Waals surface area contributed by atoms with E-state index in [0.29, 0.717) is 30.2 Å². The summed E-state index contributed by atoms with van der Waals surface area (Å²) in [5.74, 6) is -0.268. The highest BCUT2D eigenvalue weighted by atomic mass is 32.1. The van der Waals surface area contributed by atoms with Crippen molar-refractivity contribution in [1.82, 2.24) is 10.4 Å². The quantitative estimate of drug-likeness (QED) is 0.459. The molecule has 1 N–H and O–H groups in total. The number of amides is 1. The maximum Gasteiger partial charge on any atom is 0.269 e. The van der Waals surface area contributed by atoms with Crippen LogP contribution in [0.3, 0.4) is 0 Å². The van der Waals surface area contributed by atoms with Gasteiger partial charge in [0, 0.05) is 30.6 Å². The van der Waals surface area contributed by atoms with E-state index in [-0.39, 0.29) is 18.0 Å². The van der Waals surface area contributed by atoms with Crippen molar-refractivity contribution in [3.63, 3.8) is 0 Å². The molecule has 1 amide bonds. The molecule has 10 heteroatoms. The zero-order valence-electron chi connectivity index (χ0n) is 14.8. The topological polar surface area (TPSA) is 110 Å². The molecule has 1 aliphatic heterocycles. The van der Waals surface area contributed by atoms with Gasteiger partial charge in [0.05, 0.1) is 36.0 Å². The molecule has 1 saturated heterocycles. The summed E-state index contributed by atoms with van der Waals surface area (Å²) in [4.78, 5) is 29.0. The molecular formula is C17H19N5O4S. The van der Waals surface area contributed by atoms with Gasteiger partial charge in [0.1, 0.15) is 0 Å². The number of hydrogen-bond donors (Lipinski definition) is 1. The molecule has 0 spiro atoms. The van der Waals surface area contributed by atoms with Crippen LogP contribution in [0.5, 0.6) is 0 Å². The van der Waals surface area contributed by atoms with E-state index in [0.717, 1.165) is 18.2 Å². The first kappa shape index (κ1) is 18.9. The van der Waals surface area contributed by atoms with Crippen molar-refractivity contribution in [1.29, 1.82) is 0 Å². The van der Waals surface area contributed by atoms with E-state index in [9.17, 15) is 14.9 Å². The molecule has 3 rings (SSSR count). The lowest BCUT2D eigenvalue weighted by molar-refractivity contribution is -0.384. The van der Waals surface area contributed by atoms with Crippen molar-refractivity contribution in [3.05, 3.63) is 51.0 Å². The van der Waals surface area contributed by atoms with Crippen molar-refractivity contribution >= 4 is 33.8 Å².